The predicted molar refractivity (Wildman–Crippen MR) is 124 cm³/mol. The number of rotatable bonds is 9. The van der Waals surface area contributed by atoms with Crippen molar-refractivity contribution in [2.45, 2.75) is 52.6 Å². The van der Waals surface area contributed by atoms with Gasteiger partial charge < -0.3 is 19.9 Å². The number of likely N-dealkylation sites (tertiary alicyclic amines) is 1. The second-order valence-electron chi connectivity index (χ2n) is 8.11. The first-order valence-corrected chi connectivity index (χ1v) is 11.4. The molecule has 2 heterocycles. The smallest absolute Gasteiger partial charge is 0.191 e. The van der Waals surface area contributed by atoms with Gasteiger partial charge in [0.15, 0.2) is 5.96 Å². The minimum Gasteiger partial charge on any atom is -0.497 e. The molecule has 1 fully saturated rings. The lowest BCUT2D eigenvalue weighted by molar-refractivity contribution is 0.178. The molecule has 1 aliphatic heterocycles. The Balaban J connectivity index is 1.40. The summed E-state index contributed by atoms with van der Waals surface area (Å²) >= 11 is 0. The molecule has 0 bridgehead atoms. The van der Waals surface area contributed by atoms with Crippen LogP contribution in [0.1, 0.15) is 49.3 Å². The monoisotopic (exact) mass is 427 g/mol. The Hall–Kier alpha value is -2.54. The van der Waals surface area contributed by atoms with E-state index in [0.29, 0.717) is 12.5 Å². The van der Waals surface area contributed by atoms with Crippen LogP contribution in [0.4, 0.5) is 0 Å². The number of aliphatic imine (C=N–C) groups is 1. The summed E-state index contributed by atoms with van der Waals surface area (Å²) < 4.78 is 10.7. The van der Waals surface area contributed by atoms with Gasteiger partial charge in [-0.2, -0.15) is 0 Å². The fourth-order valence-electron chi connectivity index (χ4n) is 4.11. The van der Waals surface area contributed by atoms with Crippen LogP contribution in [-0.2, 0) is 25.9 Å². The van der Waals surface area contributed by atoms with Crippen LogP contribution in [0.25, 0.3) is 0 Å². The van der Waals surface area contributed by atoms with Gasteiger partial charge in [-0.05, 0) is 56.0 Å². The van der Waals surface area contributed by atoms with Crippen LogP contribution in [0.5, 0.6) is 5.75 Å². The number of benzene rings is 1. The standard InChI is InChI=1S/C24H37N5O2/c1-5-22-21(23(6-2)31-28-22)16-27-24(25-3)26-15-18-11-13-29(14-12-18)17-19-7-9-20(30-4)10-8-19/h7-10,18H,5-6,11-17H2,1-4H3,(H2,25,26,27). The Morgan fingerprint density at radius 2 is 1.90 bits per heavy atom. The van der Waals surface area contributed by atoms with Gasteiger partial charge in [0.2, 0.25) is 0 Å². The Bertz CT molecular complexity index is 801. The van der Waals surface area contributed by atoms with Crippen LogP contribution in [0, 0.1) is 5.92 Å². The molecule has 2 N–H and O–H groups in total. The van der Waals surface area contributed by atoms with Crippen LogP contribution in [0.3, 0.4) is 0 Å². The van der Waals surface area contributed by atoms with Gasteiger partial charge in [-0.25, -0.2) is 0 Å². The van der Waals surface area contributed by atoms with E-state index in [0.717, 1.165) is 62.2 Å². The van der Waals surface area contributed by atoms with Gasteiger partial charge in [-0.1, -0.05) is 31.1 Å². The topological polar surface area (TPSA) is 74.9 Å². The van der Waals surface area contributed by atoms with E-state index in [1.807, 2.05) is 19.2 Å². The molecule has 31 heavy (non-hydrogen) atoms. The number of nitrogens with zero attached hydrogens (tertiary/aromatic N) is 3. The molecule has 0 spiro atoms. The number of nitrogens with one attached hydrogen (secondary N) is 2. The minimum atomic E-state index is 0.665. The summed E-state index contributed by atoms with van der Waals surface area (Å²) in [6, 6.07) is 8.39. The molecular formula is C24H37N5O2. The Labute approximate surface area is 186 Å². The molecule has 0 atom stereocenters. The van der Waals surface area contributed by atoms with Crippen molar-refractivity contribution in [2.24, 2.45) is 10.9 Å². The number of guanidine groups is 1. The van der Waals surface area contributed by atoms with Crippen molar-refractivity contribution in [1.29, 1.82) is 0 Å². The summed E-state index contributed by atoms with van der Waals surface area (Å²) in [5, 5.41) is 11.1. The number of ether oxygens (including phenoxy) is 1. The van der Waals surface area contributed by atoms with E-state index in [-0.39, 0.29) is 0 Å². The van der Waals surface area contributed by atoms with Crippen molar-refractivity contribution < 1.29 is 9.26 Å². The Kier molecular flexibility index (Phi) is 8.76. The van der Waals surface area contributed by atoms with Crippen molar-refractivity contribution in [1.82, 2.24) is 20.7 Å². The van der Waals surface area contributed by atoms with Gasteiger partial charge in [-0.3, -0.25) is 9.89 Å². The summed E-state index contributed by atoms with van der Waals surface area (Å²) in [6.07, 6.45) is 4.13. The van der Waals surface area contributed by atoms with E-state index in [1.165, 1.54) is 24.0 Å². The molecule has 0 amide bonds. The maximum atomic E-state index is 5.46. The minimum absolute atomic E-state index is 0.665. The van der Waals surface area contributed by atoms with E-state index >= 15 is 0 Å². The number of aromatic nitrogens is 1. The van der Waals surface area contributed by atoms with E-state index in [1.54, 1.807) is 7.11 Å². The molecule has 0 radical (unpaired) electrons. The normalized spacial score (nSPS) is 15.8. The zero-order chi connectivity index (χ0) is 22.1. The molecule has 7 heteroatoms. The number of hydrogen-bond donors (Lipinski definition) is 2. The quantitative estimate of drug-likeness (QED) is 0.472. The van der Waals surface area contributed by atoms with Crippen molar-refractivity contribution in [3.63, 3.8) is 0 Å². The SMILES string of the molecule is CCc1noc(CC)c1CNC(=NC)NCC1CCN(Cc2ccc(OC)cc2)CC1. The van der Waals surface area contributed by atoms with E-state index in [2.05, 4.69) is 51.7 Å². The van der Waals surface area contributed by atoms with E-state index < -0.39 is 0 Å². The Morgan fingerprint density at radius 3 is 2.52 bits per heavy atom. The van der Waals surface area contributed by atoms with E-state index in [9.17, 15) is 0 Å². The molecule has 1 aromatic carbocycles. The fourth-order valence-corrected chi connectivity index (χ4v) is 4.11. The molecule has 170 valence electrons. The van der Waals surface area contributed by atoms with Crippen molar-refractivity contribution in [3.05, 3.63) is 46.8 Å². The molecular weight excluding hydrogens is 390 g/mol. The third kappa shape index (κ3) is 6.47. The van der Waals surface area contributed by atoms with Gasteiger partial charge in [0.05, 0.1) is 12.8 Å². The van der Waals surface area contributed by atoms with Crippen LogP contribution in [0.15, 0.2) is 33.8 Å². The Morgan fingerprint density at radius 1 is 1.16 bits per heavy atom. The molecule has 1 aromatic heterocycles. The number of hydrogen-bond acceptors (Lipinski definition) is 5. The first kappa shape index (κ1) is 23.1. The first-order valence-electron chi connectivity index (χ1n) is 11.4. The molecule has 1 saturated heterocycles. The summed E-state index contributed by atoms with van der Waals surface area (Å²) in [5.74, 6) is 3.38. The highest BCUT2D eigenvalue weighted by Crippen LogP contribution is 2.20. The third-order valence-electron chi connectivity index (χ3n) is 6.09. The summed E-state index contributed by atoms with van der Waals surface area (Å²) in [5.41, 5.74) is 3.54. The average Bonchev–Trinajstić information content (AvgIpc) is 3.22. The first-order chi connectivity index (χ1) is 15.2. The van der Waals surface area contributed by atoms with Gasteiger partial charge in [0.1, 0.15) is 11.5 Å². The van der Waals surface area contributed by atoms with Gasteiger partial charge in [0.25, 0.3) is 0 Å². The second-order valence-corrected chi connectivity index (χ2v) is 8.11. The summed E-state index contributed by atoms with van der Waals surface area (Å²) in [7, 11) is 3.53. The number of aryl methyl sites for hydroxylation is 2. The van der Waals surface area contributed by atoms with Crippen LogP contribution < -0.4 is 15.4 Å². The van der Waals surface area contributed by atoms with E-state index in [4.69, 9.17) is 9.26 Å². The summed E-state index contributed by atoms with van der Waals surface area (Å²) in [6.45, 7) is 9.10. The maximum absolute atomic E-state index is 5.46. The molecule has 0 aliphatic carbocycles. The highest BCUT2D eigenvalue weighted by atomic mass is 16.5. The van der Waals surface area contributed by atoms with Gasteiger partial charge in [0, 0.05) is 38.7 Å². The van der Waals surface area contributed by atoms with Crippen LogP contribution >= 0.6 is 0 Å². The van der Waals surface area contributed by atoms with Gasteiger partial charge >= 0.3 is 0 Å². The highest BCUT2D eigenvalue weighted by molar-refractivity contribution is 5.79. The van der Waals surface area contributed by atoms with Gasteiger partial charge in [-0.15, -0.1) is 0 Å². The zero-order valence-electron chi connectivity index (χ0n) is 19.4. The molecule has 7 nitrogen and oxygen atoms in total. The summed E-state index contributed by atoms with van der Waals surface area (Å²) in [4.78, 5) is 6.93. The molecule has 0 saturated carbocycles. The number of piperidine rings is 1. The number of methoxy groups -OCH3 is 1. The molecule has 3 rings (SSSR count). The average molecular weight is 428 g/mol. The lowest BCUT2D eigenvalue weighted by Gasteiger charge is -2.32. The fraction of sp³-hybridized carbons (Fsp3) is 0.583. The lowest BCUT2D eigenvalue weighted by Crippen LogP contribution is -2.42. The predicted octanol–water partition coefficient (Wildman–Crippen LogP) is 3.39. The molecule has 0 unspecified atom stereocenters. The van der Waals surface area contributed by atoms with Crippen LogP contribution in [-0.4, -0.2) is 49.8 Å². The van der Waals surface area contributed by atoms with Crippen LogP contribution in [0.2, 0.25) is 0 Å². The zero-order valence-corrected chi connectivity index (χ0v) is 19.4. The van der Waals surface area contributed by atoms with Crippen molar-refractivity contribution in [2.75, 3.05) is 33.8 Å². The maximum Gasteiger partial charge on any atom is 0.191 e. The lowest BCUT2D eigenvalue weighted by atomic mass is 9.96. The largest absolute Gasteiger partial charge is 0.497 e. The third-order valence-corrected chi connectivity index (χ3v) is 6.09. The van der Waals surface area contributed by atoms with Crippen molar-refractivity contribution in [3.8, 4) is 5.75 Å². The highest BCUT2D eigenvalue weighted by Gasteiger charge is 2.20. The van der Waals surface area contributed by atoms with Crippen molar-refractivity contribution >= 4 is 5.96 Å². The molecule has 2 aromatic rings. The second kappa shape index (κ2) is 11.7. The molecule has 1 aliphatic rings.